The lowest BCUT2D eigenvalue weighted by molar-refractivity contribution is -0.135. The molecule has 0 saturated heterocycles. The molecule has 13 nitrogen and oxygen atoms in total. The number of rotatable bonds is 2. The van der Waals surface area contributed by atoms with Crippen LogP contribution in [0.1, 0.15) is 10.4 Å². The van der Waals surface area contributed by atoms with E-state index < -0.39 is 29.2 Å². The van der Waals surface area contributed by atoms with E-state index in [2.05, 4.69) is 25.7 Å². The van der Waals surface area contributed by atoms with E-state index in [9.17, 15) is 19.2 Å². The van der Waals surface area contributed by atoms with Gasteiger partial charge in [-0.05, 0) is 12.1 Å². The Morgan fingerprint density at radius 2 is 1.81 bits per heavy atom. The summed E-state index contributed by atoms with van der Waals surface area (Å²) in [5, 5.41) is 24.8. The zero-order chi connectivity index (χ0) is 19.7. The van der Waals surface area contributed by atoms with E-state index in [1.165, 1.54) is 18.5 Å². The topological polar surface area (TPSA) is 228 Å². The van der Waals surface area contributed by atoms with Crippen molar-refractivity contribution >= 4 is 23.1 Å². The van der Waals surface area contributed by atoms with Gasteiger partial charge in [-0.2, -0.15) is 4.98 Å². The Hall–Kier alpha value is -4.00. The lowest BCUT2D eigenvalue weighted by Gasteiger charge is -1.87. The molecule has 3 rings (SSSR count). The predicted molar refractivity (Wildman–Crippen MR) is 86.9 cm³/mol. The third kappa shape index (κ3) is 6.25. The smallest absolute Gasteiger partial charge is 0.337 e. The number of hydrogen-bond acceptors (Lipinski definition) is 8. The van der Waals surface area contributed by atoms with Crippen LogP contribution in [0.3, 0.4) is 0 Å². The molecule has 0 aliphatic carbocycles. The average molecular weight is 366 g/mol. The molecule has 13 heteroatoms. The Morgan fingerprint density at radius 3 is 2.27 bits per heavy atom. The highest BCUT2D eigenvalue weighted by atomic mass is 16.4. The first-order valence-electron chi connectivity index (χ1n) is 6.71. The van der Waals surface area contributed by atoms with Crippen molar-refractivity contribution in [1.82, 2.24) is 24.9 Å². The second kappa shape index (κ2) is 9.33. The number of carboxylic acids is 2. The summed E-state index contributed by atoms with van der Waals surface area (Å²) in [6, 6.07) is 2.68. The maximum Gasteiger partial charge on any atom is 0.337 e. The summed E-state index contributed by atoms with van der Waals surface area (Å²) in [6.45, 7) is -0.278. The van der Waals surface area contributed by atoms with Crippen LogP contribution < -0.4 is 17.0 Å². The normalized spacial score (nSPS) is 9.42. The molecule has 3 aromatic rings. The number of carbonyl (C=O) groups is 2. The first-order chi connectivity index (χ1) is 12.2. The Kier molecular flexibility index (Phi) is 7.20. The highest BCUT2D eigenvalue weighted by Gasteiger charge is 2.05. The van der Waals surface area contributed by atoms with E-state index >= 15 is 0 Å². The molecular formula is C13H14N6O7. The lowest BCUT2D eigenvalue weighted by atomic mass is 10.3. The fraction of sp³-hybridized carbons (Fsp3) is 0.0769. The Labute approximate surface area is 143 Å². The minimum Gasteiger partial charge on any atom is -0.480 e. The molecule has 0 bridgehead atoms. The van der Waals surface area contributed by atoms with E-state index in [0.717, 1.165) is 0 Å². The van der Waals surface area contributed by atoms with E-state index in [1.807, 2.05) is 4.98 Å². The van der Waals surface area contributed by atoms with Gasteiger partial charge in [-0.15, -0.1) is 0 Å². The van der Waals surface area contributed by atoms with Crippen LogP contribution in [-0.2, 0) is 4.79 Å². The predicted octanol–water partition coefficient (Wildman–Crippen LogP) is -1.55. The molecule has 0 aliphatic rings. The zero-order valence-electron chi connectivity index (χ0n) is 13.0. The number of pyridine rings is 1. The average Bonchev–Trinajstić information content (AvgIpc) is 2.97. The van der Waals surface area contributed by atoms with Crippen LogP contribution in [0.2, 0.25) is 0 Å². The number of imidazole rings is 1. The van der Waals surface area contributed by atoms with Crippen molar-refractivity contribution in [2.75, 3.05) is 6.54 Å². The van der Waals surface area contributed by atoms with Crippen molar-refractivity contribution in [1.29, 1.82) is 0 Å². The van der Waals surface area contributed by atoms with Gasteiger partial charge in [-0.25, -0.2) is 9.59 Å². The van der Waals surface area contributed by atoms with Gasteiger partial charge in [0.05, 0.1) is 12.1 Å². The number of carboxylic acid groups (broad SMARTS) is 2. The first kappa shape index (κ1) is 20.0. The van der Waals surface area contributed by atoms with Gasteiger partial charge in [0.1, 0.15) is 0 Å². The van der Waals surface area contributed by atoms with Gasteiger partial charge in [0.25, 0.3) is 11.6 Å². The quantitative estimate of drug-likeness (QED) is 0.276. The van der Waals surface area contributed by atoms with Crippen molar-refractivity contribution in [2.45, 2.75) is 0 Å². The van der Waals surface area contributed by atoms with E-state index in [0.29, 0.717) is 0 Å². The molecule has 0 unspecified atom stereocenters. The summed E-state index contributed by atoms with van der Waals surface area (Å²) >= 11 is 0. The largest absolute Gasteiger partial charge is 0.480 e. The molecule has 26 heavy (non-hydrogen) atoms. The van der Waals surface area contributed by atoms with E-state index in [1.54, 1.807) is 6.07 Å². The van der Waals surface area contributed by atoms with Crippen LogP contribution in [0.4, 0.5) is 0 Å². The molecule has 138 valence electrons. The van der Waals surface area contributed by atoms with Crippen LogP contribution in [0.5, 0.6) is 6.01 Å². The number of aromatic amines is 3. The van der Waals surface area contributed by atoms with Gasteiger partial charge in [-0.3, -0.25) is 24.5 Å². The second-order valence-electron chi connectivity index (χ2n) is 4.34. The number of nitrogens with two attached hydrogens (primary N) is 1. The highest BCUT2D eigenvalue weighted by molar-refractivity contribution is 5.86. The third-order valence-electron chi connectivity index (χ3n) is 2.46. The van der Waals surface area contributed by atoms with Crippen molar-refractivity contribution in [3.05, 3.63) is 50.9 Å². The summed E-state index contributed by atoms with van der Waals surface area (Å²) < 4.78 is 0. The number of hydrogen-bond donors (Lipinski definition) is 7. The summed E-state index contributed by atoms with van der Waals surface area (Å²) in [6.07, 6.45) is 2.84. The number of aromatic carboxylic acids is 1. The maximum absolute atomic E-state index is 11.0. The van der Waals surface area contributed by atoms with Gasteiger partial charge in [-0.1, -0.05) is 0 Å². The number of aromatic hydroxyl groups is 1. The fourth-order valence-electron chi connectivity index (χ4n) is 1.41. The Bertz CT molecular complexity index is 991. The summed E-state index contributed by atoms with van der Waals surface area (Å²) in [5.74, 6) is -1.91. The lowest BCUT2D eigenvalue weighted by Crippen LogP contribution is -2.21. The van der Waals surface area contributed by atoms with Gasteiger partial charge in [0.15, 0.2) is 11.2 Å². The number of nitrogens with one attached hydrogen (secondary N) is 3. The number of nitrogens with zero attached hydrogens (tertiary/aromatic N) is 2. The zero-order valence-corrected chi connectivity index (χ0v) is 13.0. The van der Waals surface area contributed by atoms with Gasteiger partial charge in [0.2, 0.25) is 0 Å². The van der Waals surface area contributed by atoms with Crippen molar-refractivity contribution in [2.24, 2.45) is 5.73 Å². The van der Waals surface area contributed by atoms with Crippen LogP contribution in [0.25, 0.3) is 11.2 Å². The number of fused-ring (bicyclic) bond motifs is 1. The highest BCUT2D eigenvalue weighted by Crippen LogP contribution is 2.04. The van der Waals surface area contributed by atoms with E-state index in [-0.39, 0.29) is 23.3 Å². The minimum atomic E-state index is -0.968. The second-order valence-corrected chi connectivity index (χ2v) is 4.34. The van der Waals surface area contributed by atoms with Gasteiger partial charge >= 0.3 is 17.6 Å². The SMILES string of the molecule is NCC(=O)O.O=C(O)c1cccnc1.O=c1[nH]c(=O)c2[nH]c(O)nc2[nH]1. The molecule has 8 N–H and O–H groups in total. The first-order valence-corrected chi connectivity index (χ1v) is 6.71. The number of H-pyrrole nitrogens is 3. The third-order valence-corrected chi connectivity index (χ3v) is 2.46. The summed E-state index contributed by atoms with van der Waals surface area (Å²) in [4.78, 5) is 54.6. The standard InChI is InChI=1S/C6H5NO2.C5H4N4O3.C2H5NO2/c8-6(9)5-2-1-3-7-4-5;10-3-1-2(7-4(11)6-1)8-5(12)9-3;3-1-2(4)5/h1-4H,(H,8,9);(H4,6,7,8,9,10,11,12);1,3H2,(H,4,5). The molecule has 0 spiro atoms. The van der Waals surface area contributed by atoms with Crippen LogP contribution in [0.15, 0.2) is 34.1 Å². The monoisotopic (exact) mass is 366 g/mol. The molecule has 0 fully saturated rings. The molecule has 3 heterocycles. The summed E-state index contributed by atoms with van der Waals surface area (Å²) in [7, 11) is 0. The Morgan fingerprint density at radius 1 is 1.15 bits per heavy atom. The molecule has 0 aliphatic heterocycles. The van der Waals surface area contributed by atoms with Crippen LogP contribution >= 0.6 is 0 Å². The van der Waals surface area contributed by atoms with Crippen LogP contribution in [-0.4, -0.2) is 58.7 Å². The number of aromatic nitrogens is 5. The molecule has 0 radical (unpaired) electrons. The molecular weight excluding hydrogens is 352 g/mol. The molecule has 3 aromatic heterocycles. The minimum absolute atomic E-state index is 0.0428. The van der Waals surface area contributed by atoms with E-state index in [4.69, 9.17) is 15.3 Å². The van der Waals surface area contributed by atoms with Crippen LogP contribution in [0, 0.1) is 0 Å². The maximum atomic E-state index is 11.0. The van der Waals surface area contributed by atoms with Crippen molar-refractivity contribution in [3.8, 4) is 6.01 Å². The number of aliphatic carboxylic acids is 1. The fourth-order valence-corrected chi connectivity index (χ4v) is 1.41. The Balaban J connectivity index is 0.000000214. The molecule has 0 atom stereocenters. The molecule has 0 amide bonds. The summed E-state index contributed by atoms with van der Waals surface area (Å²) in [5.41, 5.74) is 3.62. The molecule has 0 aromatic carbocycles. The van der Waals surface area contributed by atoms with Crippen molar-refractivity contribution in [3.63, 3.8) is 0 Å². The van der Waals surface area contributed by atoms with Crippen molar-refractivity contribution < 1.29 is 24.9 Å². The van der Waals surface area contributed by atoms with Gasteiger partial charge < -0.3 is 26.0 Å². The molecule has 0 saturated carbocycles. The van der Waals surface area contributed by atoms with Gasteiger partial charge in [0, 0.05) is 12.4 Å².